The molecule has 92 valence electrons. The van der Waals surface area contributed by atoms with Crippen molar-refractivity contribution in [1.29, 1.82) is 0 Å². The van der Waals surface area contributed by atoms with Crippen LogP contribution in [0.4, 0.5) is 0 Å². The standard InChI is InChI=1S/C13H17NO3/c1-2-3-4-6-11(15)8-9-14-13(16)12-7-5-10-17-12/h5,7-10H,2-4,6H2,1H3,(H,14,16)/b9-8-. The van der Waals surface area contributed by atoms with Gasteiger partial charge in [-0.25, -0.2) is 0 Å². The zero-order valence-corrected chi connectivity index (χ0v) is 9.94. The minimum atomic E-state index is -0.354. The maximum atomic E-state index is 11.4. The second kappa shape index (κ2) is 7.44. The lowest BCUT2D eigenvalue weighted by Crippen LogP contribution is -2.16. The normalized spacial score (nSPS) is 10.6. The summed E-state index contributed by atoms with van der Waals surface area (Å²) in [4.78, 5) is 22.7. The van der Waals surface area contributed by atoms with Gasteiger partial charge in [0.25, 0.3) is 5.91 Å². The predicted octanol–water partition coefficient (Wildman–Crippen LogP) is 2.67. The molecule has 0 aromatic carbocycles. The Kier molecular flexibility index (Phi) is 5.79. The van der Waals surface area contributed by atoms with Gasteiger partial charge >= 0.3 is 0 Å². The summed E-state index contributed by atoms with van der Waals surface area (Å²) in [7, 11) is 0. The highest BCUT2D eigenvalue weighted by atomic mass is 16.3. The van der Waals surface area contributed by atoms with Crippen molar-refractivity contribution >= 4 is 11.7 Å². The summed E-state index contributed by atoms with van der Waals surface area (Å²) in [6.45, 7) is 2.09. The summed E-state index contributed by atoms with van der Waals surface area (Å²) in [6.07, 6.45) is 7.74. The van der Waals surface area contributed by atoms with Crippen LogP contribution in [-0.2, 0) is 4.79 Å². The molecule has 0 spiro atoms. The topological polar surface area (TPSA) is 59.3 Å². The number of carbonyl (C=O) groups excluding carboxylic acids is 2. The molecule has 1 aromatic rings. The van der Waals surface area contributed by atoms with Crippen LogP contribution in [0, 0.1) is 0 Å². The van der Waals surface area contributed by atoms with Crippen molar-refractivity contribution in [2.45, 2.75) is 32.6 Å². The zero-order chi connectivity index (χ0) is 12.5. The molecule has 1 N–H and O–H groups in total. The van der Waals surface area contributed by atoms with E-state index in [2.05, 4.69) is 12.2 Å². The van der Waals surface area contributed by atoms with Crippen LogP contribution >= 0.6 is 0 Å². The number of ketones is 1. The summed E-state index contributed by atoms with van der Waals surface area (Å²) >= 11 is 0. The summed E-state index contributed by atoms with van der Waals surface area (Å²) in [5.74, 6) is -0.0983. The Balaban J connectivity index is 2.25. The van der Waals surface area contributed by atoms with Crippen LogP contribution in [0.25, 0.3) is 0 Å². The second-order valence-electron chi connectivity index (χ2n) is 3.71. The molecule has 1 amide bonds. The Labute approximate surface area is 101 Å². The molecule has 17 heavy (non-hydrogen) atoms. The van der Waals surface area contributed by atoms with Crippen LogP contribution < -0.4 is 5.32 Å². The number of rotatable bonds is 7. The number of carbonyl (C=O) groups is 2. The van der Waals surface area contributed by atoms with E-state index >= 15 is 0 Å². The Morgan fingerprint density at radius 1 is 1.41 bits per heavy atom. The lowest BCUT2D eigenvalue weighted by molar-refractivity contribution is -0.114. The van der Waals surface area contributed by atoms with Crippen LogP contribution in [0.1, 0.15) is 43.2 Å². The van der Waals surface area contributed by atoms with E-state index in [9.17, 15) is 9.59 Å². The smallest absolute Gasteiger partial charge is 0.290 e. The summed E-state index contributed by atoms with van der Waals surface area (Å²) in [5, 5.41) is 2.47. The molecule has 0 aliphatic rings. The number of allylic oxidation sites excluding steroid dienone is 1. The van der Waals surface area contributed by atoms with Crippen LogP contribution in [0.3, 0.4) is 0 Å². The van der Waals surface area contributed by atoms with Gasteiger partial charge in [0.05, 0.1) is 6.26 Å². The molecular weight excluding hydrogens is 218 g/mol. The first-order valence-corrected chi connectivity index (χ1v) is 5.77. The number of unbranched alkanes of at least 4 members (excludes halogenated alkanes) is 2. The third-order valence-corrected chi connectivity index (χ3v) is 2.26. The summed E-state index contributed by atoms with van der Waals surface area (Å²) in [5.41, 5.74) is 0. The highest BCUT2D eigenvalue weighted by molar-refractivity contribution is 5.94. The highest BCUT2D eigenvalue weighted by Gasteiger charge is 2.05. The molecule has 4 heteroatoms. The summed E-state index contributed by atoms with van der Waals surface area (Å²) < 4.78 is 4.90. The Bertz CT molecular complexity index is 379. The van der Waals surface area contributed by atoms with Gasteiger partial charge in [-0.3, -0.25) is 9.59 Å². The van der Waals surface area contributed by atoms with E-state index in [-0.39, 0.29) is 17.5 Å². The monoisotopic (exact) mass is 235 g/mol. The van der Waals surface area contributed by atoms with Crippen LogP contribution in [0.5, 0.6) is 0 Å². The van der Waals surface area contributed by atoms with Crippen molar-refractivity contribution in [3.63, 3.8) is 0 Å². The number of hydrogen-bond donors (Lipinski definition) is 1. The molecule has 0 saturated carbocycles. The van der Waals surface area contributed by atoms with Gasteiger partial charge in [0.1, 0.15) is 0 Å². The number of amides is 1. The molecule has 1 rings (SSSR count). The summed E-state index contributed by atoms with van der Waals surface area (Å²) in [6, 6.07) is 3.20. The molecule has 0 unspecified atom stereocenters. The van der Waals surface area contributed by atoms with Crippen molar-refractivity contribution in [3.8, 4) is 0 Å². The Morgan fingerprint density at radius 3 is 2.88 bits per heavy atom. The molecule has 4 nitrogen and oxygen atoms in total. The third kappa shape index (κ3) is 5.15. The van der Waals surface area contributed by atoms with Crippen molar-refractivity contribution in [3.05, 3.63) is 36.4 Å². The Morgan fingerprint density at radius 2 is 2.24 bits per heavy atom. The largest absolute Gasteiger partial charge is 0.459 e. The SMILES string of the molecule is CCCCCC(=O)/C=C\NC(=O)c1ccco1. The molecule has 0 atom stereocenters. The van der Waals surface area contributed by atoms with Gasteiger partial charge in [-0.1, -0.05) is 19.8 Å². The van der Waals surface area contributed by atoms with Gasteiger partial charge < -0.3 is 9.73 Å². The minimum absolute atomic E-state index is 0.0261. The van der Waals surface area contributed by atoms with E-state index in [0.717, 1.165) is 19.3 Å². The molecule has 0 aliphatic carbocycles. The first-order chi connectivity index (χ1) is 8.24. The first kappa shape index (κ1) is 13.2. The number of hydrogen-bond acceptors (Lipinski definition) is 3. The van der Waals surface area contributed by atoms with Crippen molar-refractivity contribution in [2.75, 3.05) is 0 Å². The van der Waals surface area contributed by atoms with Gasteiger partial charge in [0, 0.05) is 12.6 Å². The van der Waals surface area contributed by atoms with E-state index in [0.29, 0.717) is 6.42 Å². The third-order valence-electron chi connectivity index (χ3n) is 2.26. The molecule has 0 radical (unpaired) electrons. The first-order valence-electron chi connectivity index (χ1n) is 5.77. The average Bonchev–Trinajstić information content (AvgIpc) is 2.82. The quantitative estimate of drug-likeness (QED) is 0.584. The maximum Gasteiger partial charge on any atom is 0.290 e. The number of furan rings is 1. The molecule has 1 heterocycles. The minimum Gasteiger partial charge on any atom is -0.459 e. The Hall–Kier alpha value is -1.84. The molecule has 1 aromatic heterocycles. The lowest BCUT2D eigenvalue weighted by atomic mass is 10.1. The van der Waals surface area contributed by atoms with E-state index in [4.69, 9.17) is 4.42 Å². The van der Waals surface area contributed by atoms with Crippen molar-refractivity contribution in [1.82, 2.24) is 5.32 Å². The molecule has 0 bridgehead atoms. The molecular formula is C13H17NO3. The van der Waals surface area contributed by atoms with Gasteiger partial charge in [0.2, 0.25) is 0 Å². The van der Waals surface area contributed by atoms with Crippen LogP contribution in [0.15, 0.2) is 35.1 Å². The van der Waals surface area contributed by atoms with Gasteiger partial charge in [-0.15, -0.1) is 0 Å². The molecule has 0 fully saturated rings. The van der Waals surface area contributed by atoms with E-state index in [1.54, 1.807) is 12.1 Å². The average molecular weight is 235 g/mol. The van der Waals surface area contributed by atoms with E-state index in [1.165, 1.54) is 18.5 Å². The van der Waals surface area contributed by atoms with Crippen molar-refractivity contribution in [2.24, 2.45) is 0 Å². The molecule has 0 aliphatic heterocycles. The zero-order valence-electron chi connectivity index (χ0n) is 9.94. The fraction of sp³-hybridized carbons (Fsp3) is 0.385. The molecule has 0 saturated heterocycles. The van der Waals surface area contributed by atoms with E-state index in [1.807, 2.05) is 0 Å². The van der Waals surface area contributed by atoms with E-state index < -0.39 is 0 Å². The lowest BCUT2D eigenvalue weighted by Gasteiger charge is -1.96. The van der Waals surface area contributed by atoms with Crippen LogP contribution in [-0.4, -0.2) is 11.7 Å². The fourth-order valence-electron chi connectivity index (χ4n) is 1.32. The second-order valence-corrected chi connectivity index (χ2v) is 3.71. The van der Waals surface area contributed by atoms with Gasteiger partial charge in [-0.05, 0) is 24.6 Å². The van der Waals surface area contributed by atoms with Crippen LogP contribution in [0.2, 0.25) is 0 Å². The van der Waals surface area contributed by atoms with Crippen molar-refractivity contribution < 1.29 is 14.0 Å². The maximum absolute atomic E-state index is 11.4. The number of nitrogens with one attached hydrogen (secondary N) is 1. The predicted molar refractivity (Wildman–Crippen MR) is 64.5 cm³/mol. The van der Waals surface area contributed by atoms with Gasteiger partial charge in [0.15, 0.2) is 11.5 Å². The van der Waals surface area contributed by atoms with Gasteiger partial charge in [-0.2, -0.15) is 0 Å². The highest BCUT2D eigenvalue weighted by Crippen LogP contribution is 2.01. The fourth-order valence-corrected chi connectivity index (χ4v) is 1.32.